The first kappa shape index (κ1) is 14.2. The summed E-state index contributed by atoms with van der Waals surface area (Å²) in [5.74, 6) is -2.90. The smallest absolute Gasteiger partial charge is 0.309 e. The highest BCUT2D eigenvalue weighted by Gasteiger charge is 2.33. The lowest BCUT2D eigenvalue weighted by atomic mass is 9.86. The van der Waals surface area contributed by atoms with E-state index < -0.39 is 23.8 Å². The van der Waals surface area contributed by atoms with Crippen LogP contribution in [0.5, 0.6) is 0 Å². The number of imidazole rings is 1. The number of aliphatic carboxylic acids is 1. The number of rotatable bonds is 6. The number of carbonyl (C=O) groups excluding carboxylic acids is 1. The van der Waals surface area contributed by atoms with Crippen molar-refractivity contribution in [3.8, 4) is 0 Å². The summed E-state index contributed by atoms with van der Waals surface area (Å²) in [5.41, 5.74) is 0.810. The Labute approximate surface area is 106 Å². The lowest BCUT2D eigenvalue weighted by molar-refractivity contribution is -0.156. The Morgan fingerprint density at radius 1 is 1.50 bits per heavy atom. The Kier molecular flexibility index (Phi) is 4.88. The van der Waals surface area contributed by atoms with Gasteiger partial charge in [0, 0.05) is 25.4 Å². The van der Waals surface area contributed by atoms with Gasteiger partial charge in [0.05, 0.1) is 25.3 Å². The van der Waals surface area contributed by atoms with E-state index in [-0.39, 0.29) is 0 Å². The van der Waals surface area contributed by atoms with Crippen LogP contribution in [0.3, 0.4) is 0 Å². The van der Waals surface area contributed by atoms with E-state index in [1.165, 1.54) is 7.11 Å². The zero-order valence-corrected chi connectivity index (χ0v) is 10.8. The zero-order chi connectivity index (χ0) is 13.7. The zero-order valence-electron chi connectivity index (χ0n) is 10.8. The minimum absolute atomic E-state index is 0.313. The summed E-state index contributed by atoms with van der Waals surface area (Å²) in [6, 6.07) is 0. The summed E-state index contributed by atoms with van der Waals surface area (Å²) >= 11 is 0. The number of carboxylic acid groups (broad SMARTS) is 1. The molecular formula is C12H18N2O4. The average molecular weight is 254 g/mol. The van der Waals surface area contributed by atoms with E-state index in [0.29, 0.717) is 12.8 Å². The molecule has 0 amide bonds. The molecule has 0 aliphatic carbocycles. The lowest BCUT2D eigenvalue weighted by Gasteiger charge is -2.20. The molecule has 18 heavy (non-hydrogen) atoms. The third kappa shape index (κ3) is 3.09. The highest BCUT2D eigenvalue weighted by atomic mass is 16.5. The molecule has 0 radical (unpaired) electrons. The second-order valence-corrected chi connectivity index (χ2v) is 4.18. The minimum atomic E-state index is -0.977. The van der Waals surface area contributed by atoms with E-state index in [1.54, 1.807) is 31.1 Å². The fourth-order valence-electron chi connectivity index (χ4n) is 1.98. The Bertz CT molecular complexity index is 427. The van der Waals surface area contributed by atoms with Gasteiger partial charge < -0.3 is 14.4 Å². The second kappa shape index (κ2) is 6.18. The van der Waals surface area contributed by atoms with Crippen molar-refractivity contribution >= 4 is 11.9 Å². The normalized spacial score (nSPS) is 13.9. The van der Waals surface area contributed by atoms with Crippen molar-refractivity contribution in [3.05, 3.63) is 18.2 Å². The molecule has 0 fully saturated rings. The first-order valence-corrected chi connectivity index (χ1v) is 5.77. The number of esters is 1. The van der Waals surface area contributed by atoms with Gasteiger partial charge in [-0.2, -0.15) is 0 Å². The summed E-state index contributed by atoms with van der Waals surface area (Å²) in [4.78, 5) is 26.9. The van der Waals surface area contributed by atoms with Gasteiger partial charge in [-0.25, -0.2) is 4.98 Å². The van der Waals surface area contributed by atoms with E-state index in [1.807, 2.05) is 0 Å². The molecule has 1 N–H and O–H groups in total. The van der Waals surface area contributed by atoms with Crippen molar-refractivity contribution < 1.29 is 19.4 Å². The van der Waals surface area contributed by atoms with Crippen LogP contribution >= 0.6 is 0 Å². The maximum Gasteiger partial charge on any atom is 0.309 e. The summed E-state index contributed by atoms with van der Waals surface area (Å²) < 4.78 is 6.47. The summed E-state index contributed by atoms with van der Waals surface area (Å²) in [6.07, 6.45) is 3.94. The van der Waals surface area contributed by atoms with Crippen molar-refractivity contribution in [1.82, 2.24) is 9.55 Å². The second-order valence-electron chi connectivity index (χ2n) is 4.18. The first-order chi connectivity index (χ1) is 8.51. The maximum atomic E-state index is 11.7. The Balaban J connectivity index is 2.95. The third-order valence-electron chi connectivity index (χ3n) is 3.09. The van der Waals surface area contributed by atoms with Crippen molar-refractivity contribution in [2.24, 2.45) is 18.9 Å². The molecule has 0 aliphatic rings. The summed E-state index contributed by atoms with van der Waals surface area (Å²) in [5, 5.41) is 9.16. The molecule has 0 bridgehead atoms. The fraction of sp³-hybridized carbons (Fsp3) is 0.583. The van der Waals surface area contributed by atoms with Crippen LogP contribution in [-0.4, -0.2) is 33.7 Å². The van der Waals surface area contributed by atoms with Gasteiger partial charge in [-0.05, 0) is 6.42 Å². The Morgan fingerprint density at radius 2 is 2.17 bits per heavy atom. The number of ether oxygens (including phenoxy) is 1. The minimum Gasteiger partial charge on any atom is -0.481 e. The average Bonchev–Trinajstić information content (AvgIpc) is 2.73. The fourth-order valence-corrected chi connectivity index (χ4v) is 1.98. The van der Waals surface area contributed by atoms with Gasteiger partial charge in [0.15, 0.2) is 0 Å². The highest BCUT2D eigenvalue weighted by Crippen LogP contribution is 2.22. The standard InChI is InChI=1S/C12H18N2O4/c1-4-9(11(15)16)10(12(17)18-3)5-8-6-13-7-14(8)2/h6-7,9-10H,4-5H2,1-3H3,(H,15,16)/t9?,10-/m1/s1. The van der Waals surface area contributed by atoms with Crippen LogP contribution in [-0.2, 0) is 27.8 Å². The molecule has 0 saturated carbocycles. The van der Waals surface area contributed by atoms with Gasteiger partial charge in [0.1, 0.15) is 0 Å². The van der Waals surface area contributed by atoms with E-state index in [9.17, 15) is 9.59 Å². The van der Waals surface area contributed by atoms with Crippen LogP contribution in [0.4, 0.5) is 0 Å². The van der Waals surface area contributed by atoms with Gasteiger partial charge in [0.25, 0.3) is 0 Å². The SMILES string of the molecule is CCC(C(=O)O)[C@@H](Cc1cncn1C)C(=O)OC. The predicted molar refractivity (Wildman–Crippen MR) is 63.8 cm³/mol. The largest absolute Gasteiger partial charge is 0.481 e. The molecule has 1 aromatic rings. The molecule has 100 valence electrons. The molecule has 1 aromatic heterocycles. The number of hydrogen-bond donors (Lipinski definition) is 1. The van der Waals surface area contributed by atoms with Crippen molar-refractivity contribution in [2.75, 3.05) is 7.11 Å². The van der Waals surface area contributed by atoms with Crippen LogP contribution in [0.1, 0.15) is 19.0 Å². The van der Waals surface area contributed by atoms with E-state index in [0.717, 1.165) is 5.69 Å². The molecule has 1 rings (SSSR count). The van der Waals surface area contributed by atoms with Gasteiger partial charge in [-0.15, -0.1) is 0 Å². The molecule has 0 spiro atoms. The monoisotopic (exact) mass is 254 g/mol. The Morgan fingerprint density at radius 3 is 2.56 bits per heavy atom. The molecule has 0 aromatic carbocycles. The molecule has 2 atom stereocenters. The molecule has 0 aliphatic heterocycles. The number of carbonyl (C=O) groups is 2. The van der Waals surface area contributed by atoms with Gasteiger partial charge in [-0.3, -0.25) is 9.59 Å². The van der Waals surface area contributed by atoms with Crippen molar-refractivity contribution in [2.45, 2.75) is 19.8 Å². The van der Waals surface area contributed by atoms with E-state index in [2.05, 4.69) is 4.98 Å². The number of nitrogens with zero attached hydrogens (tertiary/aromatic N) is 2. The molecule has 6 heteroatoms. The highest BCUT2D eigenvalue weighted by molar-refractivity contribution is 5.81. The number of methoxy groups -OCH3 is 1. The van der Waals surface area contributed by atoms with Gasteiger partial charge in [-0.1, -0.05) is 6.92 Å². The number of aromatic nitrogens is 2. The first-order valence-electron chi connectivity index (χ1n) is 5.77. The van der Waals surface area contributed by atoms with Crippen LogP contribution < -0.4 is 0 Å². The van der Waals surface area contributed by atoms with E-state index in [4.69, 9.17) is 9.84 Å². The van der Waals surface area contributed by atoms with Crippen LogP contribution in [0.25, 0.3) is 0 Å². The van der Waals surface area contributed by atoms with Crippen LogP contribution in [0.15, 0.2) is 12.5 Å². The van der Waals surface area contributed by atoms with Gasteiger partial charge in [0.2, 0.25) is 0 Å². The summed E-state index contributed by atoms with van der Waals surface area (Å²) in [6.45, 7) is 1.75. The van der Waals surface area contributed by atoms with Crippen molar-refractivity contribution in [3.63, 3.8) is 0 Å². The molecule has 6 nitrogen and oxygen atoms in total. The topological polar surface area (TPSA) is 81.4 Å². The quantitative estimate of drug-likeness (QED) is 0.761. The predicted octanol–water partition coefficient (Wildman–Crippen LogP) is 0.863. The third-order valence-corrected chi connectivity index (χ3v) is 3.09. The van der Waals surface area contributed by atoms with E-state index >= 15 is 0 Å². The van der Waals surface area contributed by atoms with Gasteiger partial charge >= 0.3 is 11.9 Å². The molecule has 1 unspecified atom stereocenters. The van der Waals surface area contributed by atoms with Crippen LogP contribution in [0, 0.1) is 11.8 Å². The summed E-state index contributed by atoms with van der Waals surface area (Å²) in [7, 11) is 3.07. The number of carboxylic acids is 1. The number of aryl methyl sites for hydroxylation is 1. The number of hydrogen-bond acceptors (Lipinski definition) is 4. The van der Waals surface area contributed by atoms with Crippen molar-refractivity contribution in [1.29, 1.82) is 0 Å². The Hall–Kier alpha value is -1.85. The van der Waals surface area contributed by atoms with Crippen LogP contribution in [0.2, 0.25) is 0 Å². The lowest BCUT2D eigenvalue weighted by Crippen LogP contribution is -2.32. The maximum absolute atomic E-state index is 11.7. The molecular weight excluding hydrogens is 236 g/mol. The molecule has 1 heterocycles. The molecule has 0 saturated heterocycles.